The van der Waals surface area contributed by atoms with Crippen molar-refractivity contribution in [3.05, 3.63) is 77.0 Å². The molecule has 0 fully saturated rings. The van der Waals surface area contributed by atoms with Gasteiger partial charge in [0.1, 0.15) is 12.0 Å². The molecule has 2 aromatic carbocycles. The van der Waals surface area contributed by atoms with E-state index in [1.54, 1.807) is 31.3 Å². The molecule has 2 amide bonds. The van der Waals surface area contributed by atoms with Crippen molar-refractivity contribution in [3.8, 4) is 5.88 Å². The number of rotatable bonds is 8. The molecule has 0 spiro atoms. The maximum atomic E-state index is 14.3. The first-order chi connectivity index (χ1) is 17.7. The van der Waals surface area contributed by atoms with Gasteiger partial charge in [-0.1, -0.05) is 18.5 Å². The lowest BCUT2D eigenvalue weighted by Gasteiger charge is -2.34. The number of amides is 2. The van der Waals surface area contributed by atoms with Crippen molar-refractivity contribution < 1.29 is 27.8 Å². The number of urea groups is 1. The van der Waals surface area contributed by atoms with E-state index in [1.807, 2.05) is 0 Å². The standard InChI is InChI=1S/C24H24ClF3N6O3/c1-3-22(35)34(24(36)31-14-4-5-19(26)18(25)8-14)13(2)17-11-29-23(37-12-33-7-6-30-32-33)16-10-21(28)20(27)9-15(16)17/h4-11,13,22,30,32,35H,3,12H2,1-2H3,(H,31,36). The number of carbonyl (C=O) groups is 1. The van der Waals surface area contributed by atoms with Gasteiger partial charge in [-0.05, 0) is 49.1 Å². The summed E-state index contributed by atoms with van der Waals surface area (Å²) < 4.78 is 47.8. The molecule has 2 heterocycles. The van der Waals surface area contributed by atoms with E-state index in [1.165, 1.54) is 18.3 Å². The Hall–Kier alpha value is -3.74. The maximum absolute atomic E-state index is 14.3. The number of nitrogens with zero attached hydrogens (tertiary/aromatic N) is 3. The second-order valence-electron chi connectivity index (χ2n) is 8.18. The number of fused-ring (bicyclic) bond motifs is 1. The molecule has 4 rings (SSSR count). The molecule has 0 aliphatic carbocycles. The zero-order chi connectivity index (χ0) is 26.7. The number of hydrogen-bond donors (Lipinski definition) is 4. The van der Waals surface area contributed by atoms with Gasteiger partial charge in [0.2, 0.25) is 5.88 Å². The van der Waals surface area contributed by atoms with E-state index in [2.05, 4.69) is 21.3 Å². The van der Waals surface area contributed by atoms with Gasteiger partial charge in [0.05, 0.1) is 11.1 Å². The first-order valence-electron chi connectivity index (χ1n) is 11.3. The Bertz CT molecular complexity index is 1340. The quantitative estimate of drug-likeness (QED) is 0.308. The van der Waals surface area contributed by atoms with E-state index < -0.39 is 35.8 Å². The molecule has 0 saturated heterocycles. The smallest absolute Gasteiger partial charge is 0.324 e. The van der Waals surface area contributed by atoms with Gasteiger partial charge in [-0.3, -0.25) is 9.91 Å². The van der Waals surface area contributed by atoms with E-state index in [0.29, 0.717) is 5.56 Å². The average Bonchev–Trinajstić information content (AvgIpc) is 3.39. The van der Waals surface area contributed by atoms with Gasteiger partial charge in [0.25, 0.3) is 0 Å². The fourth-order valence-electron chi connectivity index (χ4n) is 3.85. The first kappa shape index (κ1) is 26.3. The predicted molar refractivity (Wildman–Crippen MR) is 131 cm³/mol. The number of benzene rings is 2. The number of halogens is 4. The van der Waals surface area contributed by atoms with Gasteiger partial charge in [-0.15, -0.1) is 5.53 Å². The summed E-state index contributed by atoms with van der Waals surface area (Å²) in [5, 5.41) is 15.1. The highest BCUT2D eigenvalue weighted by atomic mass is 35.5. The van der Waals surface area contributed by atoms with Crippen LogP contribution in [0.4, 0.5) is 23.7 Å². The van der Waals surface area contributed by atoms with Gasteiger partial charge in [0.15, 0.2) is 18.4 Å². The summed E-state index contributed by atoms with van der Waals surface area (Å²) in [5.41, 5.74) is 6.06. The molecule has 0 radical (unpaired) electrons. The lowest BCUT2D eigenvalue weighted by Crippen LogP contribution is -2.44. The molecule has 9 nitrogen and oxygen atoms in total. The number of pyridine rings is 1. The Labute approximate surface area is 215 Å². The number of nitrogens with one attached hydrogen (secondary N) is 3. The molecule has 0 bridgehead atoms. The maximum Gasteiger partial charge on any atom is 0.324 e. The molecule has 2 atom stereocenters. The van der Waals surface area contributed by atoms with Crippen LogP contribution in [-0.2, 0) is 0 Å². The number of aliphatic hydroxyl groups is 1. The fraction of sp³-hybridized carbons (Fsp3) is 0.250. The Morgan fingerprint density at radius 2 is 1.95 bits per heavy atom. The number of ether oxygens (including phenoxy) is 1. The molecular weight excluding hydrogens is 513 g/mol. The second-order valence-corrected chi connectivity index (χ2v) is 8.58. The van der Waals surface area contributed by atoms with Gasteiger partial charge < -0.3 is 20.6 Å². The zero-order valence-electron chi connectivity index (χ0n) is 19.8. The Morgan fingerprint density at radius 1 is 1.22 bits per heavy atom. The highest BCUT2D eigenvalue weighted by molar-refractivity contribution is 6.31. The number of hydrogen-bond acceptors (Lipinski definition) is 7. The van der Waals surface area contributed by atoms with Crippen molar-refractivity contribution >= 4 is 34.1 Å². The van der Waals surface area contributed by atoms with Crippen molar-refractivity contribution in [1.29, 1.82) is 0 Å². The largest absolute Gasteiger partial charge is 0.454 e. The van der Waals surface area contributed by atoms with Crippen LogP contribution >= 0.6 is 11.6 Å². The van der Waals surface area contributed by atoms with Crippen LogP contribution < -0.4 is 21.0 Å². The highest BCUT2D eigenvalue weighted by Gasteiger charge is 2.30. The minimum atomic E-state index is -1.25. The fourth-order valence-corrected chi connectivity index (χ4v) is 4.03. The van der Waals surface area contributed by atoms with Crippen LogP contribution in [0.3, 0.4) is 0 Å². The van der Waals surface area contributed by atoms with Gasteiger partial charge in [-0.2, -0.15) is 0 Å². The van der Waals surface area contributed by atoms with E-state index in [9.17, 15) is 23.1 Å². The normalized spacial score (nSPS) is 14.4. The number of aliphatic hydroxyl groups excluding tert-OH is 1. The number of carbonyl (C=O) groups excluding carboxylic acids is 1. The van der Waals surface area contributed by atoms with Crippen molar-refractivity contribution in [2.45, 2.75) is 32.5 Å². The Kier molecular flexibility index (Phi) is 7.91. The lowest BCUT2D eigenvalue weighted by atomic mass is 10.0. The molecule has 196 valence electrons. The minimum Gasteiger partial charge on any atom is -0.454 e. The monoisotopic (exact) mass is 536 g/mol. The predicted octanol–water partition coefficient (Wildman–Crippen LogP) is 4.76. The van der Waals surface area contributed by atoms with Crippen LogP contribution in [0, 0.1) is 17.5 Å². The third-order valence-corrected chi connectivity index (χ3v) is 6.06. The summed E-state index contributed by atoms with van der Waals surface area (Å²) in [6.45, 7) is 3.28. The molecular formula is C24H24ClF3N6O3. The lowest BCUT2D eigenvalue weighted by molar-refractivity contribution is 0.0114. The summed E-state index contributed by atoms with van der Waals surface area (Å²) in [5.74, 6) is -2.80. The molecule has 4 N–H and O–H groups in total. The molecule has 1 aliphatic heterocycles. The molecule has 3 aromatic rings. The summed E-state index contributed by atoms with van der Waals surface area (Å²) in [7, 11) is 0. The molecule has 1 aliphatic rings. The van der Waals surface area contributed by atoms with E-state index in [0.717, 1.165) is 23.1 Å². The zero-order valence-corrected chi connectivity index (χ0v) is 20.6. The first-order valence-corrected chi connectivity index (χ1v) is 11.6. The van der Waals surface area contributed by atoms with Crippen LogP contribution in [-0.4, -0.2) is 39.0 Å². The topological polar surface area (TPSA) is 102 Å². The van der Waals surface area contributed by atoms with Crippen molar-refractivity contribution in [2.24, 2.45) is 0 Å². The summed E-state index contributed by atoms with van der Waals surface area (Å²) in [6, 6.07) is 4.04. The number of hydrazine groups is 2. The molecule has 13 heteroatoms. The SMILES string of the molecule is CCC(O)N(C(=O)Nc1ccc(F)c(Cl)c1)C(C)c1cnc(OCN2C=CNN2)c2cc(F)c(F)cc12. The molecule has 0 saturated carbocycles. The van der Waals surface area contributed by atoms with Crippen LogP contribution in [0.1, 0.15) is 31.9 Å². The van der Waals surface area contributed by atoms with Gasteiger partial charge >= 0.3 is 6.03 Å². The van der Waals surface area contributed by atoms with Crippen LogP contribution in [0.2, 0.25) is 5.02 Å². The second kappa shape index (κ2) is 11.1. The Balaban J connectivity index is 1.69. The van der Waals surface area contributed by atoms with Crippen LogP contribution in [0.15, 0.2) is 48.9 Å². The van der Waals surface area contributed by atoms with Crippen LogP contribution in [0.5, 0.6) is 5.88 Å². The van der Waals surface area contributed by atoms with Crippen molar-refractivity contribution in [3.63, 3.8) is 0 Å². The Morgan fingerprint density at radius 3 is 2.59 bits per heavy atom. The van der Waals surface area contributed by atoms with E-state index in [-0.39, 0.29) is 40.5 Å². The van der Waals surface area contributed by atoms with Crippen molar-refractivity contribution in [2.75, 3.05) is 12.0 Å². The molecule has 37 heavy (non-hydrogen) atoms. The summed E-state index contributed by atoms with van der Waals surface area (Å²) in [6.07, 6.45) is 3.59. The number of anilines is 1. The highest BCUT2D eigenvalue weighted by Crippen LogP contribution is 2.35. The summed E-state index contributed by atoms with van der Waals surface area (Å²) in [4.78, 5) is 18.6. The van der Waals surface area contributed by atoms with E-state index in [4.69, 9.17) is 16.3 Å². The van der Waals surface area contributed by atoms with E-state index >= 15 is 0 Å². The number of aromatic nitrogens is 1. The molecule has 1 aromatic heterocycles. The van der Waals surface area contributed by atoms with Gasteiger partial charge in [-0.25, -0.2) is 22.9 Å². The minimum absolute atomic E-state index is 0.00278. The molecule has 2 unspecified atom stereocenters. The van der Waals surface area contributed by atoms with Crippen molar-refractivity contribution in [1.82, 2.24) is 25.9 Å². The third kappa shape index (κ3) is 5.66. The van der Waals surface area contributed by atoms with Gasteiger partial charge in [0, 0.05) is 35.2 Å². The summed E-state index contributed by atoms with van der Waals surface area (Å²) >= 11 is 5.81. The van der Waals surface area contributed by atoms with Crippen LogP contribution in [0.25, 0.3) is 10.8 Å². The third-order valence-electron chi connectivity index (χ3n) is 5.77. The average molecular weight is 537 g/mol.